The third-order valence-electron chi connectivity index (χ3n) is 2.98. The molecule has 108 valence electrons. The van der Waals surface area contributed by atoms with Crippen LogP contribution in [0.15, 0.2) is 29.4 Å². The molecule has 0 aliphatic heterocycles. The minimum Gasteiger partial charge on any atom is -0.399 e. The van der Waals surface area contributed by atoms with Crippen molar-refractivity contribution in [3.63, 3.8) is 0 Å². The van der Waals surface area contributed by atoms with Crippen molar-refractivity contribution < 1.29 is 8.42 Å². The smallest absolute Gasteiger partial charge is 0.185 e. The largest absolute Gasteiger partial charge is 0.399 e. The van der Waals surface area contributed by atoms with Gasteiger partial charge in [0.15, 0.2) is 9.84 Å². The van der Waals surface area contributed by atoms with Gasteiger partial charge in [0.05, 0.1) is 4.90 Å². The molecule has 0 unspecified atom stereocenters. The fraction of sp³-hybridized carbons (Fsp3) is 0.385. The number of hydrogen-bond donors (Lipinski definition) is 1. The second kappa shape index (κ2) is 5.62. The maximum atomic E-state index is 12.5. The Morgan fingerprint density at radius 2 is 2.10 bits per heavy atom. The van der Waals surface area contributed by atoms with Gasteiger partial charge in [-0.3, -0.25) is 0 Å². The van der Waals surface area contributed by atoms with E-state index in [1.165, 1.54) is 6.33 Å². The summed E-state index contributed by atoms with van der Waals surface area (Å²) in [5.41, 5.74) is 6.85. The van der Waals surface area contributed by atoms with Gasteiger partial charge in [0.2, 0.25) is 0 Å². The number of anilines is 1. The van der Waals surface area contributed by atoms with Crippen LogP contribution in [0.4, 0.5) is 5.69 Å². The maximum absolute atomic E-state index is 12.5. The van der Waals surface area contributed by atoms with E-state index in [0.717, 1.165) is 6.42 Å². The van der Waals surface area contributed by atoms with E-state index in [1.54, 1.807) is 29.8 Å². The van der Waals surface area contributed by atoms with E-state index in [-0.39, 0.29) is 10.6 Å². The number of aromatic nitrogens is 3. The average molecular weight is 294 g/mol. The zero-order chi connectivity index (χ0) is 14.8. The number of nitrogens with two attached hydrogens (primary N) is 1. The number of benzene rings is 1. The number of aryl methyl sites for hydroxylation is 2. The molecule has 0 saturated heterocycles. The Kier molecular flexibility index (Phi) is 4.08. The monoisotopic (exact) mass is 294 g/mol. The molecule has 1 aromatic heterocycles. The predicted octanol–water partition coefficient (Wildman–Crippen LogP) is 1.55. The van der Waals surface area contributed by atoms with E-state index in [4.69, 9.17) is 5.73 Å². The number of hydrogen-bond acceptors (Lipinski definition) is 5. The van der Waals surface area contributed by atoms with Crippen molar-refractivity contribution in [1.82, 2.24) is 14.8 Å². The Balaban J connectivity index is 2.33. The molecule has 0 amide bonds. The van der Waals surface area contributed by atoms with Gasteiger partial charge in [-0.1, -0.05) is 6.92 Å². The fourth-order valence-electron chi connectivity index (χ4n) is 2.07. The van der Waals surface area contributed by atoms with E-state index in [0.29, 0.717) is 23.6 Å². The molecule has 20 heavy (non-hydrogen) atoms. The first-order valence-electron chi connectivity index (χ1n) is 6.39. The normalized spacial score (nSPS) is 11.7. The summed E-state index contributed by atoms with van der Waals surface area (Å²) >= 11 is 0. The zero-order valence-electron chi connectivity index (χ0n) is 11.6. The molecule has 0 radical (unpaired) electrons. The molecular formula is C13H18N4O2S. The standard InChI is InChI=1S/C13H18N4O2S/c1-3-6-17-13(15-9-16-17)8-20(18,19)12-5-4-11(14)7-10(12)2/h4-5,7,9H,3,6,8,14H2,1-2H3. The summed E-state index contributed by atoms with van der Waals surface area (Å²) in [7, 11) is -3.45. The molecule has 0 aliphatic carbocycles. The summed E-state index contributed by atoms with van der Waals surface area (Å²) < 4.78 is 26.6. The molecule has 0 spiro atoms. The second-order valence-corrected chi connectivity index (χ2v) is 6.64. The summed E-state index contributed by atoms with van der Waals surface area (Å²) in [6.07, 6.45) is 2.26. The van der Waals surface area contributed by atoms with Crippen LogP contribution in [-0.4, -0.2) is 23.2 Å². The lowest BCUT2D eigenvalue weighted by Crippen LogP contribution is -2.13. The van der Waals surface area contributed by atoms with Gasteiger partial charge in [-0.05, 0) is 37.1 Å². The fourth-order valence-corrected chi connectivity index (χ4v) is 3.61. The highest BCUT2D eigenvalue weighted by Crippen LogP contribution is 2.21. The number of nitrogens with zero attached hydrogens (tertiary/aromatic N) is 3. The SMILES string of the molecule is CCCn1ncnc1CS(=O)(=O)c1ccc(N)cc1C. The first kappa shape index (κ1) is 14.5. The van der Waals surface area contributed by atoms with Crippen molar-refractivity contribution in [2.45, 2.75) is 37.5 Å². The third kappa shape index (κ3) is 2.98. The molecule has 1 heterocycles. The van der Waals surface area contributed by atoms with Gasteiger partial charge < -0.3 is 5.73 Å². The van der Waals surface area contributed by atoms with Crippen LogP contribution in [0.25, 0.3) is 0 Å². The number of nitrogen functional groups attached to an aromatic ring is 1. The van der Waals surface area contributed by atoms with Gasteiger partial charge >= 0.3 is 0 Å². The molecule has 0 atom stereocenters. The van der Waals surface area contributed by atoms with E-state index in [9.17, 15) is 8.42 Å². The van der Waals surface area contributed by atoms with E-state index >= 15 is 0 Å². The Hall–Kier alpha value is -1.89. The van der Waals surface area contributed by atoms with Crippen LogP contribution >= 0.6 is 0 Å². The molecule has 0 saturated carbocycles. The van der Waals surface area contributed by atoms with Gasteiger partial charge in [-0.15, -0.1) is 0 Å². The van der Waals surface area contributed by atoms with Crippen molar-refractivity contribution in [2.75, 3.05) is 5.73 Å². The Morgan fingerprint density at radius 3 is 2.75 bits per heavy atom. The Labute approximate surface area is 118 Å². The van der Waals surface area contributed by atoms with Crippen LogP contribution < -0.4 is 5.73 Å². The second-order valence-electron chi connectivity index (χ2n) is 4.68. The summed E-state index contributed by atoms with van der Waals surface area (Å²) in [6, 6.07) is 4.79. The van der Waals surface area contributed by atoms with Crippen LogP contribution in [0.1, 0.15) is 24.7 Å². The van der Waals surface area contributed by atoms with Gasteiger partial charge in [0.25, 0.3) is 0 Å². The highest BCUT2D eigenvalue weighted by molar-refractivity contribution is 7.90. The summed E-state index contributed by atoms with van der Waals surface area (Å²) in [5, 5.41) is 4.04. The molecule has 2 aromatic rings. The van der Waals surface area contributed by atoms with Crippen molar-refractivity contribution >= 4 is 15.5 Å². The van der Waals surface area contributed by atoms with Gasteiger partial charge in [-0.2, -0.15) is 5.10 Å². The van der Waals surface area contributed by atoms with Crippen LogP contribution in [0.5, 0.6) is 0 Å². The van der Waals surface area contributed by atoms with Crippen molar-refractivity contribution in [1.29, 1.82) is 0 Å². The molecule has 2 N–H and O–H groups in total. The van der Waals surface area contributed by atoms with Crippen molar-refractivity contribution in [2.24, 2.45) is 0 Å². The van der Waals surface area contributed by atoms with Gasteiger partial charge in [0.1, 0.15) is 17.9 Å². The zero-order valence-corrected chi connectivity index (χ0v) is 12.4. The lowest BCUT2D eigenvalue weighted by Gasteiger charge is -2.09. The summed E-state index contributed by atoms with van der Waals surface area (Å²) in [4.78, 5) is 4.33. The van der Waals surface area contributed by atoms with Gasteiger partial charge in [0, 0.05) is 12.2 Å². The van der Waals surface area contributed by atoms with Crippen LogP contribution in [0, 0.1) is 6.92 Å². The van der Waals surface area contributed by atoms with Crippen LogP contribution in [0.3, 0.4) is 0 Å². The lowest BCUT2D eigenvalue weighted by molar-refractivity contribution is 0.566. The number of rotatable bonds is 5. The molecule has 7 heteroatoms. The molecule has 0 bridgehead atoms. The Bertz CT molecular complexity index is 707. The highest BCUT2D eigenvalue weighted by atomic mass is 32.2. The van der Waals surface area contributed by atoms with Gasteiger partial charge in [-0.25, -0.2) is 18.1 Å². The summed E-state index contributed by atoms with van der Waals surface area (Å²) in [5.74, 6) is 0.306. The highest BCUT2D eigenvalue weighted by Gasteiger charge is 2.20. The minimum atomic E-state index is -3.45. The first-order valence-corrected chi connectivity index (χ1v) is 8.05. The van der Waals surface area contributed by atoms with E-state index in [1.807, 2.05) is 6.92 Å². The first-order chi connectivity index (χ1) is 9.44. The predicted molar refractivity (Wildman–Crippen MR) is 76.8 cm³/mol. The Morgan fingerprint density at radius 1 is 1.35 bits per heavy atom. The minimum absolute atomic E-state index is 0.155. The lowest BCUT2D eigenvalue weighted by atomic mass is 10.2. The average Bonchev–Trinajstić information content (AvgIpc) is 2.76. The van der Waals surface area contributed by atoms with Crippen LogP contribution in [0.2, 0.25) is 0 Å². The summed E-state index contributed by atoms with van der Waals surface area (Å²) in [6.45, 7) is 4.40. The third-order valence-corrected chi connectivity index (χ3v) is 4.75. The molecule has 6 nitrogen and oxygen atoms in total. The molecule has 0 fully saturated rings. The van der Waals surface area contributed by atoms with E-state index in [2.05, 4.69) is 10.1 Å². The van der Waals surface area contributed by atoms with Crippen LogP contribution in [-0.2, 0) is 22.1 Å². The number of sulfone groups is 1. The molecule has 2 rings (SSSR count). The quantitative estimate of drug-likeness (QED) is 0.845. The topological polar surface area (TPSA) is 90.9 Å². The molecular weight excluding hydrogens is 276 g/mol. The van der Waals surface area contributed by atoms with Crippen molar-refractivity contribution in [3.8, 4) is 0 Å². The van der Waals surface area contributed by atoms with Crippen molar-refractivity contribution in [3.05, 3.63) is 35.9 Å². The maximum Gasteiger partial charge on any atom is 0.185 e. The molecule has 0 aliphatic rings. The van der Waals surface area contributed by atoms with E-state index < -0.39 is 9.84 Å². The molecule has 1 aromatic carbocycles.